The molecule has 0 radical (unpaired) electrons. The molecule has 0 aliphatic carbocycles. The van der Waals surface area contributed by atoms with Gasteiger partial charge >= 0.3 is 5.97 Å². The van der Waals surface area contributed by atoms with Crippen LogP contribution in [0.1, 0.15) is 65.5 Å². The normalized spacial score (nSPS) is 13.2. The zero-order chi connectivity index (χ0) is 23.7. The number of carbonyl (C=O) groups is 3. The molecule has 2 unspecified atom stereocenters. The molecule has 32 heavy (non-hydrogen) atoms. The highest BCUT2D eigenvalue weighted by Gasteiger charge is 2.28. The standard InChI is InChI=1S/C24H34N4O4/c1-6-8-14-18(26-23(31)24(3,4)5)21(29)27-19-15-28(16-25-19)20(22(30)32-7-2)17-12-10-9-11-13-17/h9-13,15-16,18,20H,6-8,14H2,1-5H3,(H,26,31)(H,27,29). The first-order valence-electron chi connectivity index (χ1n) is 11.0. The third-order valence-corrected chi connectivity index (χ3v) is 4.93. The van der Waals surface area contributed by atoms with E-state index in [9.17, 15) is 14.4 Å². The van der Waals surface area contributed by atoms with Crippen molar-refractivity contribution in [1.82, 2.24) is 14.9 Å². The molecule has 1 aromatic carbocycles. The molecule has 0 aliphatic heterocycles. The minimum absolute atomic E-state index is 0.189. The second-order valence-electron chi connectivity index (χ2n) is 8.68. The highest BCUT2D eigenvalue weighted by molar-refractivity contribution is 5.97. The number of nitrogens with zero attached hydrogens (tertiary/aromatic N) is 2. The van der Waals surface area contributed by atoms with Gasteiger partial charge in [0.15, 0.2) is 11.9 Å². The number of carbonyl (C=O) groups excluding carboxylic acids is 3. The summed E-state index contributed by atoms with van der Waals surface area (Å²) in [5, 5.41) is 5.61. The van der Waals surface area contributed by atoms with E-state index >= 15 is 0 Å². The van der Waals surface area contributed by atoms with Crippen LogP contribution in [0.5, 0.6) is 0 Å². The van der Waals surface area contributed by atoms with Gasteiger partial charge < -0.3 is 19.9 Å². The van der Waals surface area contributed by atoms with E-state index in [0.29, 0.717) is 12.2 Å². The van der Waals surface area contributed by atoms with Crippen molar-refractivity contribution in [2.45, 2.75) is 66.0 Å². The SMILES string of the molecule is CCCCC(NC(=O)C(C)(C)C)C(=O)Nc1cn(C(C(=O)OCC)c2ccccc2)cn1. The molecule has 2 rings (SSSR count). The first kappa shape index (κ1) is 25.1. The minimum Gasteiger partial charge on any atom is -0.464 e. The van der Waals surface area contributed by atoms with Crippen LogP contribution in [0.2, 0.25) is 0 Å². The van der Waals surface area contributed by atoms with Gasteiger partial charge in [0.2, 0.25) is 11.8 Å². The van der Waals surface area contributed by atoms with Crippen LogP contribution < -0.4 is 10.6 Å². The summed E-state index contributed by atoms with van der Waals surface area (Å²) in [5.41, 5.74) is 0.147. The molecule has 2 amide bonds. The minimum atomic E-state index is -0.717. The molecule has 0 saturated heterocycles. The van der Waals surface area contributed by atoms with E-state index < -0.39 is 23.5 Å². The molecule has 0 aliphatic rings. The number of anilines is 1. The van der Waals surface area contributed by atoms with Crippen molar-refractivity contribution in [2.24, 2.45) is 5.41 Å². The lowest BCUT2D eigenvalue weighted by atomic mass is 9.94. The molecule has 8 heteroatoms. The molecule has 2 N–H and O–H groups in total. The summed E-state index contributed by atoms with van der Waals surface area (Å²) >= 11 is 0. The Morgan fingerprint density at radius 1 is 1.12 bits per heavy atom. The van der Waals surface area contributed by atoms with Gasteiger partial charge in [-0.25, -0.2) is 9.78 Å². The predicted octanol–water partition coefficient (Wildman–Crippen LogP) is 3.70. The van der Waals surface area contributed by atoms with Crippen molar-refractivity contribution < 1.29 is 19.1 Å². The summed E-state index contributed by atoms with van der Waals surface area (Å²) < 4.78 is 6.85. The molecular weight excluding hydrogens is 408 g/mol. The van der Waals surface area contributed by atoms with E-state index in [4.69, 9.17) is 4.74 Å². The van der Waals surface area contributed by atoms with Crippen LogP contribution in [0.4, 0.5) is 5.82 Å². The van der Waals surface area contributed by atoms with Gasteiger partial charge in [-0.15, -0.1) is 0 Å². The molecule has 0 bridgehead atoms. The number of hydrogen-bond donors (Lipinski definition) is 2. The fourth-order valence-corrected chi connectivity index (χ4v) is 3.09. The van der Waals surface area contributed by atoms with Gasteiger partial charge in [-0.1, -0.05) is 70.9 Å². The highest BCUT2D eigenvalue weighted by Crippen LogP contribution is 2.22. The van der Waals surface area contributed by atoms with Gasteiger partial charge in [0.05, 0.1) is 12.9 Å². The molecule has 8 nitrogen and oxygen atoms in total. The van der Waals surface area contributed by atoms with Crippen LogP contribution in [0.15, 0.2) is 42.9 Å². The number of nitrogens with one attached hydrogen (secondary N) is 2. The number of ether oxygens (including phenoxy) is 1. The topological polar surface area (TPSA) is 102 Å². The molecule has 0 spiro atoms. The van der Waals surface area contributed by atoms with E-state index in [1.807, 2.05) is 37.3 Å². The molecule has 1 aromatic heterocycles. The van der Waals surface area contributed by atoms with E-state index in [1.54, 1.807) is 38.5 Å². The Hall–Kier alpha value is -3.16. The van der Waals surface area contributed by atoms with Gasteiger partial charge in [0.1, 0.15) is 6.04 Å². The van der Waals surface area contributed by atoms with Crippen LogP contribution in [-0.2, 0) is 19.1 Å². The zero-order valence-corrected chi connectivity index (χ0v) is 19.6. The Kier molecular flexibility index (Phi) is 8.99. The third-order valence-electron chi connectivity index (χ3n) is 4.93. The van der Waals surface area contributed by atoms with E-state index in [0.717, 1.165) is 18.4 Å². The molecular formula is C24H34N4O4. The van der Waals surface area contributed by atoms with E-state index in [2.05, 4.69) is 15.6 Å². The first-order chi connectivity index (χ1) is 15.2. The molecule has 174 valence electrons. The Morgan fingerprint density at radius 3 is 2.41 bits per heavy atom. The second-order valence-corrected chi connectivity index (χ2v) is 8.68. The molecule has 0 fully saturated rings. The maximum Gasteiger partial charge on any atom is 0.333 e. The lowest BCUT2D eigenvalue weighted by molar-refractivity contribution is -0.145. The maximum absolute atomic E-state index is 12.9. The number of unbranched alkanes of at least 4 members (excludes halogenated alkanes) is 1. The Morgan fingerprint density at radius 2 is 1.81 bits per heavy atom. The van der Waals surface area contributed by atoms with Crippen molar-refractivity contribution in [3.63, 3.8) is 0 Å². The summed E-state index contributed by atoms with van der Waals surface area (Å²) in [7, 11) is 0. The predicted molar refractivity (Wildman–Crippen MR) is 123 cm³/mol. The van der Waals surface area contributed by atoms with Crippen LogP contribution in [-0.4, -0.2) is 40.0 Å². The maximum atomic E-state index is 12.9. The quantitative estimate of drug-likeness (QED) is 0.546. The number of esters is 1. The lowest BCUT2D eigenvalue weighted by Crippen LogP contribution is -2.47. The van der Waals surface area contributed by atoms with Crippen LogP contribution >= 0.6 is 0 Å². The van der Waals surface area contributed by atoms with Crippen LogP contribution in [0, 0.1) is 5.41 Å². The fraction of sp³-hybridized carbons (Fsp3) is 0.500. The van der Waals surface area contributed by atoms with E-state index in [-0.39, 0.29) is 18.4 Å². The summed E-state index contributed by atoms with van der Waals surface area (Å²) in [5.74, 6) is -0.640. The van der Waals surface area contributed by atoms with Gasteiger partial charge in [-0.05, 0) is 18.9 Å². The Bertz CT molecular complexity index is 902. The van der Waals surface area contributed by atoms with Crippen molar-refractivity contribution in [2.75, 3.05) is 11.9 Å². The highest BCUT2D eigenvalue weighted by atomic mass is 16.5. The number of rotatable bonds is 10. The first-order valence-corrected chi connectivity index (χ1v) is 11.0. The monoisotopic (exact) mass is 442 g/mol. The average Bonchev–Trinajstić information content (AvgIpc) is 3.19. The van der Waals surface area contributed by atoms with Gasteiger partial charge in [0.25, 0.3) is 0 Å². The van der Waals surface area contributed by atoms with Crippen molar-refractivity contribution in [3.8, 4) is 0 Å². The zero-order valence-electron chi connectivity index (χ0n) is 19.6. The second kappa shape index (κ2) is 11.5. The molecule has 2 aromatic rings. The summed E-state index contributed by atoms with van der Waals surface area (Å²) in [6.45, 7) is 9.45. The molecule has 0 saturated carbocycles. The number of amides is 2. The van der Waals surface area contributed by atoms with Crippen molar-refractivity contribution in [1.29, 1.82) is 0 Å². The Balaban J connectivity index is 2.20. The van der Waals surface area contributed by atoms with Crippen molar-refractivity contribution >= 4 is 23.6 Å². The summed E-state index contributed by atoms with van der Waals surface area (Å²) in [6, 6.07) is 7.85. The average molecular weight is 443 g/mol. The van der Waals surface area contributed by atoms with Gasteiger partial charge in [0, 0.05) is 11.6 Å². The number of aromatic nitrogens is 2. The fourth-order valence-electron chi connectivity index (χ4n) is 3.09. The number of benzene rings is 1. The smallest absolute Gasteiger partial charge is 0.333 e. The molecule has 2 atom stereocenters. The van der Waals surface area contributed by atoms with Crippen LogP contribution in [0.3, 0.4) is 0 Å². The summed E-state index contributed by atoms with van der Waals surface area (Å²) in [4.78, 5) is 42.2. The number of hydrogen-bond acceptors (Lipinski definition) is 5. The van der Waals surface area contributed by atoms with Crippen molar-refractivity contribution in [3.05, 3.63) is 48.4 Å². The Labute approximate surface area is 189 Å². The lowest BCUT2D eigenvalue weighted by Gasteiger charge is -2.23. The van der Waals surface area contributed by atoms with Crippen LogP contribution in [0.25, 0.3) is 0 Å². The van der Waals surface area contributed by atoms with Gasteiger partial charge in [-0.2, -0.15) is 0 Å². The van der Waals surface area contributed by atoms with E-state index in [1.165, 1.54) is 6.33 Å². The largest absolute Gasteiger partial charge is 0.464 e. The molecule has 1 heterocycles. The summed E-state index contributed by atoms with van der Waals surface area (Å²) in [6.07, 6.45) is 5.31. The number of imidazole rings is 1. The third kappa shape index (κ3) is 6.93. The van der Waals surface area contributed by atoms with Gasteiger partial charge in [-0.3, -0.25) is 9.59 Å².